The van der Waals surface area contributed by atoms with E-state index in [2.05, 4.69) is 31.2 Å². The predicted octanol–water partition coefficient (Wildman–Crippen LogP) is 3.86. The molecule has 0 bridgehead atoms. The molecule has 2 aromatic carbocycles. The van der Waals surface area contributed by atoms with Crippen LogP contribution in [0.2, 0.25) is 0 Å². The van der Waals surface area contributed by atoms with E-state index in [4.69, 9.17) is 10.5 Å². The molecule has 0 aromatic heterocycles. The maximum atomic E-state index is 6.28. The standard InChI is InChI=1S/C16H19NOS/c1-3-19-15-10-6-13(7-11-15)16(17)12-4-8-14(18-2)9-5-12/h4-11,16H,3,17H2,1-2H3. The molecule has 0 aliphatic heterocycles. The van der Waals surface area contributed by atoms with Gasteiger partial charge in [-0.2, -0.15) is 0 Å². The van der Waals surface area contributed by atoms with Gasteiger partial charge >= 0.3 is 0 Å². The summed E-state index contributed by atoms with van der Waals surface area (Å²) in [6.07, 6.45) is 0. The predicted molar refractivity (Wildman–Crippen MR) is 81.9 cm³/mol. The summed E-state index contributed by atoms with van der Waals surface area (Å²) in [6.45, 7) is 2.15. The summed E-state index contributed by atoms with van der Waals surface area (Å²) < 4.78 is 5.15. The number of nitrogens with two attached hydrogens (primary N) is 1. The van der Waals surface area contributed by atoms with E-state index in [1.165, 1.54) is 4.90 Å². The van der Waals surface area contributed by atoms with Crippen LogP contribution >= 0.6 is 11.8 Å². The van der Waals surface area contributed by atoms with Crippen LogP contribution in [0.5, 0.6) is 5.75 Å². The van der Waals surface area contributed by atoms with Gasteiger partial charge in [-0.25, -0.2) is 0 Å². The zero-order valence-corrected chi connectivity index (χ0v) is 12.1. The maximum absolute atomic E-state index is 6.28. The Morgan fingerprint density at radius 3 is 2.00 bits per heavy atom. The lowest BCUT2D eigenvalue weighted by molar-refractivity contribution is 0.414. The SMILES string of the molecule is CCSc1ccc(C(N)c2ccc(OC)cc2)cc1. The van der Waals surface area contributed by atoms with Crippen LogP contribution < -0.4 is 10.5 Å². The minimum atomic E-state index is -0.0911. The Labute approximate surface area is 119 Å². The molecule has 2 nitrogen and oxygen atoms in total. The smallest absolute Gasteiger partial charge is 0.118 e. The third-order valence-corrected chi connectivity index (χ3v) is 3.92. The van der Waals surface area contributed by atoms with Gasteiger partial charge in [0.15, 0.2) is 0 Å². The number of hydrogen-bond donors (Lipinski definition) is 1. The van der Waals surface area contributed by atoms with Crippen molar-refractivity contribution in [3.63, 3.8) is 0 Å². The topological polar surface area (TPSA) is 35.2 Å². The van der Waals surface area contributed by atoms with E-state index in [1.54, 1.807) is 7.11 Å². The number of thioether (sulfide) groups is 1. The Bertz CT molecular complexity index is 507. The van der Waals surface area contributed by atoms with Crippen molar-refractivity contribution in [2.45, 2.75) is 17.9 Å². The largest absolute Gasteiger partial charge is 0.497 e. The Balaban J connectivity index is 2.15. The summed E-state index contributed by atoms with van der Waals surface area (Å²) in [5.41, 5.74) is 8.51. The molecular weight excluding hydrogens is 254 g/mol. The fourth-order valence-corrected chi connectivity index (χ4v) is 2.60. The van der Waals surface area contributed by atoms with E-state index >= 15 is 0 Å². The Morgan fingerprint density at radius 1 is 1.00 bits per heavy atom. The number of rotatable bonds is 5. The molecule has 0 fully saturated rings. The van der Waals surface area contributed by atoms with Crippen molar-refractivity contribution in [3.05, 3.63) is 59.7 Å². The molecule has 2 N–H and O–H groups in total. The summed E-state index contributed by atoms with van der Waals surface area (Å²) in [5.74, 6) is 1.94. The van der Waals surface area contributed by atoms with Gasteiger partial charge in [-0.05, 0) is 41.1 Å². The normalized spacial score (nSPS) is 12.2. The monoisotopic (exact) mass is 273 g/mol. The zero-order valence-electron chi connectivity index (χ0n) is 11.3. The van der Waals surface area contributed by atoms with Crippen LogP contribution in [0.4, 0.5) is 0 Å². The van der Waals surface area contributed by atoms with Gasteiger partial charge in [0.25, 0.3) is 0 Å². The quantitative estimate of drug-likeness (QED) is 0.840. The van der Waals surface area contributed by atoms with Crippen LogP contribution in [-0.4, -0.2) is 12.9 Å². The van der Waals surface area contributed by atoms with Gasteiger partial charge in [0.2, 0.25) is 0 Å². The first-order valence-electron chi connectivity index (χ1n) is 6.37. The Kier molecular flexibility index (Phi) is 4.88. The highest BCUT2D eigenvalue weighted by atomic mass is 32.2. The molecule has 0 aliphatic carbocycles. The molecule has 1 atom stereocenters. The average Bonchev–Trinajstić information content (AvgIpc) is 2.48. The molecule has 19 heavy (non-hydrogen) atoms. The molecule has 1 unspecified atom stereocenters. The van der Waals surface area contributed by atoms with Gasteiger partial charge < -0.3 is 10.5 Å². The number of methoxy groups -OCH3 is 1. The van der Waals surface area contributed by atoms with E-state index in [0.29, 0.717) is 0 Å². The molecule has 0 amide bonds. The Morgan fingerprint density at radius 2 is 1.53 bits per heavy atom. The third-order valence-electron chi connectivity index (χ3n) is 3.03. The molecule has 0 saturated carbocycles. The van der Waals surface area contributed by atoms with E-state index in [-0.39, 0.29) is 6.04 Å². The highest BCUT2D eigenvalue weighted by Crippen LogP contribution is 2.24. The lowest BCUT2D eigenvalue weighted by atomic mass is 10.00. The molecule has 0 heterocycles. The second kappa shape index (κ2) is 6.64. The lowest BCUT2D eigenvalue weighted by Crippen LogP contribution is -2.11. The fraction of sp³-hybridized carbons (Fsp3) is 0.250. The third kappa shape index (κ3) is 3.52. The van der Waals surface area contributed by atoms with Crippen molar-refractivity contribution in [1.29, 1.82) is 0 Å². The minimum absolute atomic E-state index is 0.0911. The van der Waals surface area contributed by atoms with E-state index in [9.17, 15) is 0 Å². The fourth-order valence-electron chi connectivity index (χ4n) is 1.94. The van der Waals surface area contributed by atoms with E-state index in [1.807, 2.05) is 36.0 Å². The van der Waals surface area contributed by atoms with Gasteiger partial charge in [-0.15, -0.1) is 11.8 Å². The molecule has 0 saturated heterocycles. The molecule has 2 rings (SSSR count). The summed E-state index contributed by atoms with van der Waals surface area (Å²) >= 11 is 1.84. The molecular formula is C16H19NOS. The minimum Gasteiger partial charge on any atom is -0.497 e. The van der Waals surface area contributed by atoms with Crippen LogP contribution in [0.1, 0.15) is 24.1 Å². The van der Waals surface area contributed by atoms with Gasteiger partial charge in [-0.3, -0.25) is 0 Å². The van der Waals surface area contributed by atoms with Crippen molar-refractivity contribution in [2.75, 3.05) is 12.9 Å². The van der Waals surface area contributed by atoms with Gasteiger partial charge in [-0.1, -0.05) is 31.2 Å². The van der Waals surface area contributed by atoms with Crippen LogP contribution in [0, 0.1) is 0 Å². The highest BCUT2D eigenvalue weighted by molar-refractivity contribution is 7.99. The summed E-state index contributed by atoms with van der Waals surface area (Å²) in [6, 6.07) is 16.3. The first kappa shape index (κ1) is 14.0. The van der Waals surface area contributed by atoms with Crippen molar-refractivity contribution in [2.24, 2.45) is 5.73 Å². The molecule has 3 heteroatoms. The van der Waals surface area contributed by atoms with Gasteiger partial charge in [0.05, 0.1) is 13.2 Å². The maximum Gasteiger partial charge on any atom is 0.118 e. The van der Waals surface area contributed by atoms with Crippen molar-refractivity contribution in [1.82, 2.24) is 0 Å². The lowest BCUT2D eigenvalue weighted by Gasteiger charge is -2.13. The van der Waals surface area contributed by atoms with Crippen LogP contribution in [0.15, 0.2) is 53.4 Å². The van der Waals surface area contributed by atoms with Crippen molar-refractivity contribution in [3.8, 4) is 5.75 Å². The summed E-state index contributed by atoms with van der Waals surface area (Å²) in [5, 5.41) is 0. The van der Waals surface area contributed by atoms with Crippen LogP contribution in [0.3, 0.4) is 0 Å². The van der Waals surface area contributed by atoms with Gasteiger partial charge in [0, 0.05) is 4.90 Å². The second-order valence-electron chi connectivity index (χ2n) is 4.25. The molecule has 2 aromatic rings. The first-order chi connectivity index (χ1) is 9.24. The Hall–Kier alpha value is -1.45. The molecule has 100 valence electrons. The zero-order chi connectivity index (χ0) is 13.7. The number of hydrogen-bond acceptors (Lipinski definition) is 3. The first-order valence-corrected chi connectivity index (χ1v) is 7.35. The average molecular weight is 273 g/mol. The highest BCUT2D eigenvalue weighted by Gasteiger charge is 2.08. The summed E-state index contributed by atoms with van der Waals surface area (Å²) in [4.78, 5) is 1.29. The van der Waals surface area contributed by atoms with Crippen molar-refractivity contribution >= 4 is 11.8 Å². The van der Waals surface area contributed by atoms with E-state index in [0.717, 1.165) is 22.6 Å². The van der Waals surface area contributed by atoms with Crippen molar-refractivity contribution < 1.29 is 4.74 Å². The number of ether oxygens (including phenoxy) is 1. The van der Waals surface area contributed by atoms with E-state index < -0.39 is 0 Å². The number of benzene rings is 2. The molecule has 0 spiro atoms. The van der Waals surface area contributed by atoms with Crippen LogP contribution in [-0.2, 0) is 0 Å². The van der Waals surface area contributed by atoms with Crippen LogP contribution in [0.25, 0.3) is 0 Å². The van der Waals surface area contributed by atoms with Gasteiger partial charge in [0.1, 0.15) is 5.75 Å². The molecule has 0 aliphatic rings. The summed E-state index contributed by atoms with van der Waals surface area (Å²) in [7, 11) is 1.67. The second-order valence-corrected chi connectivity index (χ2v) is 5.59. The molecule has 0 radical (unpaired) electrons.